The molecule has 0 aliphatic heterocycles. The van der Waals surface area contributed by atoms with Gasteiger partial charge in [0, 0.05) is 13.7 Å². The van der Waals surface area contributed by atoms with Crippen LogP contribution in [-0.2, 0) is 9.53 Å². The minimum atomic E-state index is -0.516. The summed E-state index contributed by atoms with van der Waals surface area (Å²) in [7, 11) is 1.60. The maximum absolute atomic E-state index is 11.8. The van der Waals surface area contributed by atoms with Gasteiger partial charge in [0.15, 0.2) is 0 Å². The van der Waals surface area contributed by atoms with E-state index in [-0.39, 0.29) is 11.9 Å². The number of carbonyl (C=O) groups excluding carboxylic acids is 1. The number of methoxy groups -OCH3 is 1. The number of nitrogens with two attached hydrogens (primary N) is 1. The summed E-state index contributed by atoms with van der Waals surface area (Å²) in [6.07, 6.45) is 0.531. The number of nitrogens with one attached hydrogen (secondary N) is 1. The van der Waals surface area contributed by atoms with Crippen molar-refractivity contribution in [2.24, 2.45) is 5.73 Å². The molecular weight excluding hydrogens is 228 g/mol. The average molecular weight is 250 g/mol. The van der Waals surface area contributed by atoms with Crippen LogP contribution in [0.15, 0.2) is 24.3 Å². The second-order valence-electron chi connectivity index (χ2n) is 4.53. The van der Waals surface area contributed by atoms with E-state index in [9.17, 15) is 4.79 Å². The highest BCUT2D eigenvalue weighted by atomic mass is 16.5. The maximum atomic E-state index is 11.8. The van der Waals surface area contributed by atoms with Crippen LogP contribution in [0.2, 0.25) is 0 Å². The molecule has 0 spiro atoms. The molecule has 0 aromatic heterocycles. The first-order chi connectivity index (χ1) is 8.54. The summed E-state index contributed by atoms with van der Waals surface area (Å²) in [6, 6.07) is 7.52. The highest BCUT2D eigenvalue weighted by molar-refractivity contribution is 5.81. The molecule has 2 atom stereocenters. The molecule has 18 heavy (non-hydrogen) atoms. The summed E-state index contributed by atoms with van der Waals surface area (Å²) in [5.74, 6) is -0.138. The van der Waals surface area contributed by atoms with Gasteiger partial charge in [0.1, 0.15) is 0 Å². The summed E-state index contributed by atoms with van der Waals surface area (Å²) < 4.78 is 4.91. The van der Waals surface area contributed by atoms with Gasteiger partial charge in [-0.2, -0.15) is 0 Å². The lowest BCUT2D eigenvalue weighted by molar-refractivity contribution is -0.123. The van der Waals surface area contributed by atoms with Crippen molar-refractivity contribution in [1.29, 1.82) is 0 Å². The van der Waals surface area contributed by atoms with Crippen LogP contribution in [0.25, 0.3) is 0 Å². The van der Waals surface area contributed by atoms with Crippen LogP contribution in [0, 0.1) is 6.92 Å². The van der Waals surface area contributed by atoms with Crippen molar-refractivity contribution in [3.8, 4) is 0 Å². The molecule has 1 rings (SSSR count). The molecule has 0 aliphatic rings. The topological polar surface area (TPSA) is 64.3 Å². The zero-order valence-corrected chi connectivity index (χ0v) is 11.3. The van der Waals surface area contributed by atoms with Crippen molar-refractivity contribution in [1.82, 2.24) is 5.32 Å². The lowest BCUT2D eigenvalue weighted by Crippen LogP contribution is -2.42. The van der Waals surface area contributed by atoms with Gasteiger partial charge in [-0.3, -0.25) is 4.79 Å². The molecule has 4 nitrogen and oxygen atoms in total. The third-order valence-electron chi connectivity index (χ3n) is 2.87. The Morgan fingerprint density at radius 2 is 2.22 bits per heavy atom. The number of rotatable bonds is 6. The predicted octanol–water partition coefficient (Wildman–Crippen LogP) is 1.54. The quantitative estimate of drug-likeness (QED) is 0.805. The SMILES string of the molecule is COCCC(N)C(=O)N[C@@H](C)c1cccc(C)c1. The molecule has 0 heterocycles. The minimum Gasteiger partial charge on any atom is -0.385 e. The number of benzene rings is 1. The molecule has 1 aromatic rings. The van der Waals surface area contributed by atoms with Crippen molar-refractivity contribution in [2.75, 3.05) is 13.7 Å². The first-order valence-electron chi connectivity index (χ1n) is 6.16. The molecule has 1 unspecified atom stereocenters. The van der Waals surface area contributed by atoms with Gasteiger partial charge in [-0.15, -0.1) is 0 Å². The second kappa shape index (κ2) is 7.13. The molecule has 4 heteroatoms. The van der Waals surface area contributed by atoms with Gasteiger partial charge in [-0.05, 0) is 25.8 Å². The van der Waals surface area contributed by atoms with Crippen molar-refractivity contribution < 1.29 is 9.53 Å². The van der Waals surface area contributed by atoms with Crippen LogP contribution in [0.5, 0.6) is 0 Å². The molecular formula is C14H22N2O2. The van der Waals surface area contributed by atoms with E-state index < -0.39 is 6.04 Å². The van der Waals surface area contributed by atoms with Gasteiger partial charge in [-0.1, -0.05) is 29.8 Å². The summed E-state index contributed by atoms with van der Waals surface area (Å²) >= 11 is 0. The van der Waals surface area contributed by atoms with E-state index in [1.54, 1.807) is 7.11 Å². The lowest BCUT2D eigenvalue weighted by Gasteiger charge is -2.18. The summed E-state index contributed by atoms with van der Waals surface area (Å²) in [4.78, 5) is 11.8. The van der Waals surface area contributed by atoms with Crippen molar-refractivity contribution in [3.63, 3.8) is 0 Å². The van der Waals surface area contributed by atoms with Crippen molar-refractivity contribution in [3.05, 3.63) is 35.4 Å². The van der Waals surface area contributed by atoms with E-state index in [1.807, 2.05) is 32.0 Å². The minimum absolute atomic E-state index is 0.0361. The van der Waals surface area contributed by atoms with Crippen LogP contribution in [0.4, 0.5) is 0 Å². The summed E-state index contributed by atoms with van der Waals surface area (Å²) in [5, 5.41) is 2.91. The van der Waals surface area contributed by atoms with Gasteiger partial charge < -0.3 is 15.8 Å². The summed E-state index contributed by atoms with van der Waals surface area (Å²) in [6.45, 7) is 4.48. The number of hydrogen-bond donors (Lipinski definition) is 2. The Morgan fingerprint density at radius 1 is 1.50 bits per heavy atom. The fraction of sp³-hybridized carbons (Fsp3) is 0.500. The Bertz CT molecular complexity index is 393. The number of amides is 1. The molecule has 1 amide bonds. The van der Waals surface area contributed by atoms with E-state index >= 15 is 0 Å². The van der Waals surface area contributed by atoms with Crippen LogP contribution < -0.4 is 11.1 Å². The second-order valence-corrected chi connectivity index (χ2v) is 4.53. The Kier molecular flexibility index (Phi) is 5.82. The predicted molar refractivity (Wildman–Crippen MR) is 72.2 cm³/mol. The highest BCUT2D eigenvalue weighted by Gasteiger charge is 2.16. The van der Waals surface area contributed by atoms with Gasteiger partial charge >= 0.3 is 0 Å². The van der Waals surface area contributed by atoms with E-state index in [1.165, 1.54) is 5.56 Å². The van der Waals surface area contributed by atoms with Crippen LogP contribution >= 0.6 is 0 Å². The fourth-order valence-corrected chi connectivity index (χ4v) is 1.72. The third-order valence-corrected chi connectivity index (χ3v) is 2.87. The zero-order valence-electron chi connectivity index (χ0n) is 11.3. The number of ether oxygens (including phenoxy) is 1. The number of aryl methyl sites for hydroxylation is 1. The molecule has 3 N–H and O–H groups in total. The Balaban J connectivity index is 2.54. The van der Waals surface area contributed by atoms with E-state index in [0.29, 0.717) is 13.0 Å². The van der Waals surface area contributed by atoms with Crippen LogP contribution in [-0.4, -0.2) is 25.7 Å². The van der Waals surface area contributed by atoms with E-state index in [2.05, 4.69) is 11.4 Å². The van der Waals surface area contributed by atoms with Crippen LogP contribution in [0.1, 0.15) is 30.5 Å². The number of carbonyl (C=O) groups is 1. The fourth-order valence-electron chi connectivity index (χ4n) is 1.72. The first kappa shape index (κ1) is 14.7. The maximum Gasteiger partial charge on any atom is 0.237 e. The first-order valence-corrected chi connectivity index (χ1v) is 6.16. The normalized spacial score (nSPS) is 14.0. The van der Waals surface area contributed by atoms with Gasteiger partial charge in [0.2, 0.25) is 5.91 Å². The summed E-state index contributed by atoms with van der Waals surface area (Å²) in [5.41, 5.74) is 8.03. The molecule has 1 aromatic carbocycles. The van der Waals surface area contributed by atoms with Crippen LogP contribution in [0.3, 0.4) is 0 Å². The van der Waals surface area contributed by atoms with Gasteiger partial charge in [-0.25, -0.2) is 0 Å². The monoisotopic (exact) mass is 250 g/mol. The average Bonchev–Trinajstić information content (AvgIpc) is 2.35. The molecule has 0 fully saturated rings. The molecule has 0 aliphatic carbocycles. The third kappa shape index (κ3) is 4.47. The van der Waals surface area contributed by atoms with E-state index in [0.717, 1.165) is 5.56 Å². The Hall–Kier alpha value is -1.39. The van der Waals surface area contributed by atoms with Crippen molar-refractivity contribution >= 4 is 5.91 Å². The molecule has 0 saturated carbocycles. The largest absolute Gasteiger partial charge is 0.385 e. The van der Waals surface area contributed by atoms with E-state index in [4.69, 9.17) is 10.5 Å². The molecule has 0 bridgehead atoms. The van der Waals surface area contributed by atoms with Gasteiger partial charge in [0.25, 0.3) is 0 Å². The molecule has 0 saturated heterocycles. The zero-order chi connectivity index (χ0) is 13.5. The number of hydrogen-bond acceptors (Lipinski definition) is 3. The Morgan fingerprint density at radius 3 is 2.83 bits per heavy atom. The highest BCUT2D eigenvalue weighted by Crippen LogP contribution is 2.13. The van der Waals surface area contributed by atoms with Gasteiger partial charge in [0.05, 0.1) is 12.1 Å². The standard InChI is InChI=1S/C14H22N2O2/c1-10-5-4-6-12(9-10)11(2)16-14(17)13(15)7-8-18-3/h4-6,9,11,13H,7-8,15H2,1-3H3,(H,16,17)/t11-,13?/m0/s1. The lowest BCUT2D eigenvalue weighted by atomic mass is 10.1. The molecule has 0 radical (unpaired) electrons. The smallest absolute Gasteiger partial charge is 0.237 e. The Labute approximate surface area is 109 Å². The molecule has 100 valence electrons. The van der Waals surface area contributed by atoms with Crippen molar-refractivity contribution in [2.45, 2.75) is 32.4 Å².